The number of nitrogens with zero attached hydrogens (tertiary/aromatic N) is 2. The molecule has 0 spiro atoms. The fourth-order valence-electron chi connectivity index (χ4n) is 2.97. The highest BCUT2D eigenvalue weighted by molar-refractivity contribution is 7.89. The molecule has 1 aromatic rings. The highest BCUT2D eigenvalue weighted by atomic mass is 32.2. The van der Waals surface area contributed by atoms with Crippen molar-refractivity contribution in [1.29, 1.82) is 0 Å². The van der Waals surface area contributed by atoms with Crippen LogP contribution >= 0.6 is 0 Å². The van der Waals surface area contributed by atoms with E-state index in [2.05, 4.69) is 0 Å². The summed E-state index contributed by atoms with van der Waals surface area (Å²) in [5.74, 6) is 0. The van der Waals surface area contributed by atoms with Gasteiger partial charge in [-0.3, -0.25) is 0 Å². The summed E-state index contributed by atoms with van der Waals surface area (Å²) in [6.45, 7) is 2.43. The van der Waals surface area contributed by atoms with Crippen molar-refractivity contribution in [3.8, 4) is 0 Å². The second-order valence-electron chi connectivity index (χ2n) is 5.95. The Bertz CT molecular complexity index is 696. The van der Waals surface area contributed by atoms with Crippen LogP contribution in [0.5, 0.6) is 0 Å². The van der Waals surface area contributed by atoms with Crippen LogP contribution in [-0.4, -0.2) is 64.8 Å². The van der Waals surface area contributed by atoms with E-state index in [0.717, 1.165) is 19.3 Å². The summed E-state index contributed by atoms with van der Waals surface area (Å²) >= 11 is 0. The molecule has 0 N–H and O–H groups in total. The van der Waals surface area contributed by atoms with Crippen molar-refractivity contribution in [1.82, 2.24) is 8.61 Å². The fourth-order valence-corrected chi connectivity index (χ4v) is 5.90. The Hall–Kier alpha value is -1.00. The Morgan fingerprint density at radius 2 is 1.08 bits per heavy atom. The standard InChI is InChI=1S/C15H22N2O5S2/c18-23(19,16-8-2-1-3-9-16)14-4-6-15(7-5-14)24(20,21)17-10-12-22-13-11-17/h4-7H,1-3,8-13H2. The number of ether oxygens (including phenoxy) is 1. The molecule has 0 aliphatic carbocycles. The monoisotopic (exact) mass is 374 g/mol. The van der Waals surface area contributed by atoms with E-state index < -0.39 is 20.0 Å². The van der Waals surface area contributed by atoms with E-state index in [1.807, 2.05) is 0 Å². The summed E-state index contributed by atoms with van der Waals surface area (Å²) < 4.78 is 58.3. The van der Waals surface area contributed by atoms with Crippen LogP contribution in [0.1, 0.15) is 19.3 Å². The van der Waals surface area contributed by atoms with Gasteiger partial charge in [0.2, 0.25) is 20.0 Å². The lowest BCUT2D eigenvalue weighted by molar-refractivity contribution is 0.0730. The number of piperidine rings is 1. The zero-order chi connectivity index (χ0) is 17.2. The van der Waals surface area contributed by atoms with Crippen LogP contribution in [0.2, 0.25) is 0 Å². The Balaban J connectivity index is 1.82. The zero-order valence-electron chi connectivity index (χ0n) is 13.4. The molecule has 2 fully saturated rings. The van der Waals surface area contributed by atoms with Gasteiger partial charge in [0.05, 0.1) is 23.0 Å². The summed E-state index contributed by atoms with van der Waals surface area (Å²) in [6.07, 6.45) is 2.77. The third-order valence-electron chi connectivity index (χ3n) is 4.38. The fraction of sp³-hybridized carbons (Fsp3) is 0.600. The molecule has 0 unspecified atom stereocenters. The number of sulfonamides is 2. The van der Waals surface area contributed by atoms with Crippen LogP contribution in [0.15, 0.2) is 34.1 Å². The summed E-state index contributed by atoms with van der Waals surface area (Å²) in [5, 5.41) is 0. The Morgan fingerprint density at radius 3 is 1.54 bits per heavy atom. The van der Waals surface area contributed by atoms with Gasteiger partial charge in [0.1, 0.15) is 0 Å². The summed E-state index contributed by atoms with van der Waals surface area (Å²) in [5.41, 5.74) is 0. The minimum atomic E-state index is -3.60. The summed E-state index contributed by atoms with van der Waals surface area (Å²) in [7, 11) is -7.15. The molecule has 2 aliphatic heterocycles. The van der Waals surface area contributed by atoms with Crippen LogP contribution in [0.3, 0.4) is 0 Å². The molecule has 134 valence electrons. The molecule has 24 heavy (non-hydrogen) atoms. The van der Waals surface area contributed by atoms with Crippen molar-refractivity contribution in [2.45, 2.75) is 29.1 Å². The number of benzene rings is 1. The quantitative estimate of drug-likeness (QED) is 0.781. The van der Waals surface area contributed by atoms with Gasteiger partial charge in [0.15, 0.2) is 0 Å². The maximum absolute atomic E-state index is 12.6. The number of rotatable bonds is 4. The Morgan fingerprint density at radius 1 is 0.667 bits per heavy atom. The number of hydrogen-bond acceptors (Lipinski definition) is 5. The SMILES string of the molecule is O=S(=O)(c1ccc(S(=O)(=O)N2CCOCC2)cc1)N1CCCCC1. The van der Waals surface area contributed by atoms with E-state index in [-0.39, 0.29) is 9.79 Å². The van der Waals surface area contributed by atoms with Crippen molar-refractivity contribution in [2.24, 2.45) is 0 Å². The lowest BCUT2D eigenvalue weighted by Gasteiger charge is -2.27. The van der Waals surface area contributed by atoms with E-state index in [1.165, 1.54) is 32.9 Å². The van der Waals surface area contributed by atoms with Crippen molar-refractivity contribution < 1.29 is 21.6 Å². The largest absolute Gasteiger partial charge is 0.379 e. The van der Waals surface area contributed by atoms with E-state index in [0.29, 0.717) is 39.4 Å². The van der Waals surface area contributed by atoms with Gasteiger partial charge in [0.25, 0.3) is 0 Å². The van der Waals surface area contributed by atoms with Gasteiger partial charge in [-0.2, -0.15) is 8.61 Å². The maximum atomic E-state index is 12.6. The molecule has 2 saturated heterocycles. The Kier molecular flexibility index (Phi) is 5.26. The lowest BCUT2D eigenvalue weighted by atomic mass is 10.2. The molecule has 9 heteroatoms. The molecule has 3 rings (SSSR count). The number of morpholine rings is 1. The van der Waals surface area contributed by atoms with Crippen molar-refractivity contribution in [3.63, 3.8) is 0 Å². The number of hydrogen-bond donors (Lipinski definition) is 0. The van der Waals surface area contributed by atoms with Crippen molar-refractivity contribution >= 4 is 20.0 Å². The molecule has 0 atom stereocenters. The van der Waals surface area contributed by atoms with Gasteiger partial charge in [-0.1, -0.05) is 6.42 Å². The highest BCUT2D eigenvalue weighted by Crippen LogP contribution is 2.23. The minimum absolute atomic E-state index is 0.113. The smallest absolute Gasteiger partial charge is 0.243 e. The Labute approximate surface area is 143 Å². The van der Waals surface area contributed by atoms with Crippen molar-refractivity contribution in [3.05, 3.63) is 24.3 Å². The van der Waals surface area contributed by atoms with E-state index in [1.54, 1.807) is 0 Å². The molecule has 7 nitrogen and oxygen atoms in total. The molecule has 0 aromatic heterocycles. The lowest BCUT2D eigenvalue weighted by Crippen LogP contribution is -2.40. The third-order valence-corrected chi connectivity index (χ3v) is 8.21. The second-order valence-corrected chi connectivity index (χ2v) is 9.83. The van der Waals surface area contributed by atoms with Crippen LogP contribution in [0.4, 0.5) is 0 Å². The van der Waals surface area contributed by atoms with E-state index >= 15 is 0 Å². The predicted molar refractivity (Wildman–Crippen MR) is 88.6 cm³/mol. The van der Waals surface area contributed by atoms with Gasteiger partial charge in [-0.05, 0) is 37.1 Å². The highest BCUT2D eigenvalue weighted by Gasteiger charge is 2.29. The van der Waals surface area contributed by atoms with Gasteiger partial charge < -0.3 is 4.74 Å². The molecule has 0 amide bonds. The van der Waals surface area contributed by atoms with Crippen LogP contribution in [0, 0.1) is 0 Å². The zero-order valence-corrected chi connectivity index (χ0v) is 15.1. The van der Waals surface area contributed by atoms with Crippen LogP contribution in [-0.2, 0) is 24.8 Å². The molecule has 0 saturated carbocycles. The molecule has 2 heterocycles. The first-order valence-electron chi connectivity index (χ1n) is 8.10. The van der Waals surface area contributed by atoms with Crippen LogP contribution in [0.25, 0.3) is 0 Å². The second kappa shape index (κ2) is 7.09. The maximum Gasteiger partial charge on any atom is 0.243 e. The third kappa shape index (κ3) is 3.50. The topological polar surface area (TPSA) is 84.0 Å². The average Bonchev–Trinajstić information content (AvgIpc) is 2.63. The minimum Gasteiger partial charge on any atom is -0.379 e. The first-order valence-corrected chi connectivity index (χ1v) is 11.0. The van der Waals surface area contributed by atoms with Gasteiger partial charge >= 0.3 is 0 Å². The molecule has 0 bridgehead atoms. The van der Waals surface area contributed by atoms with Gasteiger partial charge in [-0.15, -0.1) is 0 Å². The first-order chi connectivity index (χ1) is 11.4. The molecule has 1 aromatic carbocycles. The first kappa shape index (κ1) is 17.8. The average molecular weight is 374 g/mol. The summed E-state index contributed by atoms with van der Waals surface area (Å²) in [6, 6.07) is 5.53. The predicted octanol–water partition coefficient (Wildman–Crippen LogP) is 0.882. The normalized spacial score (nSPS) is 21.7. The molecule has 2 aliphatic rings. The van der Waals surface area contributed by atoms with Gasteiger partial charge in [0, 0.05) is 26.2 Å². The molecular formula is C15H22N2O5S2. The van der Waals surface area contributed by atoms with Crippen LogP contribution < -0.4 is 0 Å². The van der Waals surface area contributed by atoms with E-state index in [9.17, 15) is 16.8 Å². The van der Waals surface area contributed by atoms with Gasteiger partial charge in [-0.25, -0.2) is 16.8 Å². The van der Waals surface area contributed by atoms with E-state index in [4.69, 9.17) is 4.74 Å². The molecule has 0 radical (unpaired) electrons. The summed E-state index contributed by atoms with van der Waals surface area (Å²) in [4.78, 5) is 0.257. The molecular weight excluding hydrogens is 352 g/mol. The van der Waals surface area contributed by atoms with Crippen molar-refractivity contribution in [2.75, 3.05) is 39.4 Å².